The predicted molar refractivity (Wildman–Crippen MR) is 98.4 cm³/mol. The van der Waals surface area contributed by atoms with Crippen LogP contribution in [0, 0.1) is 0 Å². The van der Waals surface area contributed by atoms with E-state index in [1.165, 1.54) is 4.70 Å². The van der Waals surface area contributed by atoms with Gasteiger partial charge in [-0.1, -0.05) is 12.1 Å². The van der Waals surface area contributed by atoms with Gasteiger partial charge in [0.15, 0.2) is 0 Å². The highest BCUT2D eigenvalue weighted by Crippen LogP contribution is 2.22. The number of thiazole rings is 1. The summed E-state index contributed by atoms with van der Waals surface area (Å²) in [5.41, 5.74) is 6.46. The van der Waals surface area contributed by atoms with Crippen LogP contribution in [0.5, 0.6) is 0 Å². The third-order valence-corrected chi connectivity index (χ3v) is 4.18. The van der Waals surface area contributed by atoms with Crippen LogP contribution in [0.15, 0.2) is 24.3 Å². The molecule has 0 atom stereocenters. The normalized spacial score (nSPS) is 9.86. The van der Waals surface area contributed by atoms with Crippen LogP contribution in [0.4, 0.5) is 0 Å². The lowest BCUT2D eigenvalue weighted by atomic mass is 10.2. The average molecular weight is 364 g/mol. The number of amides is 1. The van der Waals surface area contributed by atoms with E-state index in [1.807, 2.05) is 18.2 Å². The molecule has 0 aliphatic carbocycles. The molecule has 0 aliphatic rings. The Bertz CT molecular complexity index is 529. The number of carbonyl (C=O) groups is 1. The van der Waals surface area contributed by atoms with Gasteiger partial charge < -0.3 is 11.1 Å². The van der Waals surface area contributed by atoms with Gasteiger partial charge in [0.1, 0.15) is 0 Å². The molecule has 1 aromatic carbocycles. The third kappa shape index (κ3) is 6.92. The van der Waals surface area contributed by atoms with E-state index >= 15 is 0 Å². The number of carbonyl (C=O) groups excluding carboxylic acids is 1. The molecule has 0 unspecified atom stereocenters. The Kier molecular flexibility index (Phi) is 11.2. The van der Waals surface area contributed by atoms with Crippen molar-refractivity contribution >= 4 is 52.3 Å². The molecule has 0 aliphatic heterocycles. The van der Waals surface area contributed by atoms with Gasteiger partial charge in [0, 0.05) is 13.0 Å². The molecular formula is C15H23Cl2N3OS. The smallest absolute Gasteiger partial charge is 0.220 e. The molecule has 124 valence electrons. The van der Waals surface area contributed by atoms with Gasteiger partial charge in [0.25, 0.3) is 0 Å². The zero-order valence-electron chi connectivity index (χ0n) is 12.4. The largest absolute Gasteiger partial charge is 0.356 e. The second-order valence-electron chi connectivity index (χ2n) is 4.77. The molecule has 0 fully saturated rings. The third-order valence-electron chi connectivity index (χ3n) is 3.09. The van der Waals surface area contributed by atoms with E-state index in [0.717, 1.165) is 42.8 Å². The highest BCUT2D eigenvalue weighted by atomic mass is 35.5. The number of aryl methyl sites for hydroxylation is 1. The highest BCUT2D eigenvalue weighted by Gasteiger charge is 2.05. The molecule has 1 amide bonds. The maximum atomic E-state index is 11.6. The first-order valence-corrected chi connectivity index (χ1v) is 7.92. The van der Waals surface area contributed by atoms with Crippen molar-refractivity contribution in [3.05, 3.63) is 29.3 Å². The Labute approximate surface area is 147 Å². The lowest BCUT2D eigenvalue weighted by Crippen LogP contribution is -2.24. The summed E-state index contributed by atoms with van der Waals surface area (Å²) in [7, 11) is 0. The summed E-state index contributed by atoms with van der Waals surface area (Å²) in [5.74, 6) is 0.128. The molecule has 1 aromatic heterocycles. The van der Waals surface area contributed by atoms with Gasteiger partial charge in [-0.15, -0.1) is 36.2 Å². The maximum Gasteiger partial charge on any atom is 0.220 e. The van der Waals surface area contributed by atoms with Crippen LogP contribution >= 0.6 is 36.2 Å². The lowest BCUT2D eigenvalue weighted by molar-refractivity contribution is -0.121. The van der Waals surface area contributed by atoms with E-state index in [-0.39, 0.29) is 30.7 Å². The predicted octanol–water partition coefficient (Wildman–Crippen LogP) is 3.32. The number of rotatable bonds is 8. The molecular weight excluding hydrogens is 341 g/mol. The second kappa shape index (κ2) is 11.7. The molecule has 0 spiro atoms. The summed E-state index contributed by atoms with van der Waals surface area (Å²) in [5, 5.41) is 4.03. The van der Waals surface area contributed by atoms with E-state index in [0.29, 0.717) is 13.0 Å². The van der Waals surface area contributed by atoms with Crippen molar-refractivity contribution in [2.75, 3.05) is 13.1 Å². The van der Waals surface area contributed by atoms with E-state index in [2.05, 4.69) is 16.4 Å². The number of fused-ring (bicyclic) bond motifs is 1. The molecule has 2 rings (SSSR count). The molecule has 22 heavy (non-hydrogen) atoms. The van der Waals surface area contributed by atoms with Gasteiger partial charge in [-0.3, -0.25) is 4.79 Å². The first-order valence-electron chi connectivity index (χ1n) is 7.11. The fourth-order valence-electron chi connectivity index (χ4n) is 2.01. The molecule has 0 saturated carbocycles. The monoisotopic (exact) mass is 363 g/mol. The molecule has 7 heteroatoms. The summed E-state index contributed by atoms with van der Waals surface area (Å²) >= 11 is 1.72. The molecule has 0 saturated heterocycles. The van der Waals surface area contributed by atoms with Crippen molar-refractivity contribution in [1.82, 2.24) is 10.3 Å². The quantitative estimate of drug-likeness (QED) is 0.706. The number of hydrogen-bond donors (Lipinski definition) is 2. The van der Waals surface area contributed by atoms with Gasteiger partial charge in [0.2, 0.25) is 5.91 Å². The summed E-state index contributed by atoms with van der Waals surface area (Å²) in [6, 6.07) is 8.14. The number of hydrogen-bond acceptors (Lipinski definition) is 4. The second-order valence-corrected chi connectivity index (χ2v) is 5.89. The zero-order chi connectivity index (χ0) is 14.2. The number of para-hydroxylation sites is 1. The minimum atomic E-state index is 0. The molecule has 1 heterocycles. The van der Waals surface area contributed by atoms with Crippen LogP contribution in [-0.4, -0.2) is 24.0 Å². The molecule has 0 radical (unpaired) electrons. The van der Waals surface area contributed by atoms with Crippen LogP contribution in [-0.2, 0) is 11.2 Å². The van der Waals surface area contributed by atoms with Crippen molar-refractivity contribution < 1.29 is 4.79 Å². The van der Waals surface area contributed by atoms with E-state index < -0.39 is 0 Å². The maximum absolute atomic E-state index is 11.6. The fourth-order valence-corrected chi connectivity index (χ4v) is 3.02. The number of nitrogens with two attached hydrogens (primary N) is 1. The van der Waals surface area contributed by atoms with E-state index in [4.69, 9.17) is 5.73 Å². The van der Waals surface area contributed by atoms with Crippen molar-refractivity contribution in [3.63, 3.8) is 0 Å². The van der Waals surface area contributed by atoms with E-state index in [9.17, 15) is 4.79 Å². The number of nitrogens with zero attached hydrogens (tertiary/aromatic N) is 1. The minimum Gasteiger partial charge on any atom is -0.356 e. The lowest BCUT2D eigenvalue weighted by Gasteiger charge is -2.03. The van der Waals surface area contributed by atoms with Gasteiger partial charge in [-0.2, -0.15) is 0 Å². The zero-order valence-corrected chi connectivity index (χ0v) is 14.9. The number of aromatic nitrogens is 1. The number of benzene rings is 1. The average Bonchev–Trinajstić information content (AvgIpc) is 2.86. The van der Waals surface area contributed by atoms with Crippen molar-refractivity contribution in [2.45, 2.75) is 32.1 Å². The Balaban J connectivity index is 0.00000220. The van der Waals surface area contributed by atoms with Crippen molar-refractivity contribution in [1.29, 1.82) is 0 Å². The Morgan fingerprint density at radius 3 is 2.68 bits per heavy atom. The topological polar surface area (TPSA) is 68.0 Å². The Morgan fingerprint density at radius 2 is 1.95 bits per heavy atom. The van der Waals surface area contributed by atoms with Crippen LogP contribution in [0.2, 0.25) is 0 Å². The van der Waals surface area contributed by atoms with Crippen LogP contribution in [0.3, 0.4) is 0 Å². The first-order chi connectivity index (χ1) is 9.79. The van der Waals surface area contributed by atoms with Crippen LogP contribution < -0.4 is 11.1 Å². The Hall–Kier alpha value is -0.880. The number of halogens is 2. The number of nitrogens with one attached hydrogen (secondary N) is 1. The van der Waals surface area contributed by atoms with Gasteiger partial charge in [0.05, 0.1) is 15.2 Å². The summed E-state index contributed by atoms with van der Waals surface area (Å²) < 4.78 is 1.22. The van der Waals surface area contributed by atoms with Crippen molar-refractivity contribution in [2.24, 2.45) is 5.73 Å². The minimum absolute atomic E-state index is 0. The highest BCUT2D eigenvalue weighted by molar-refractivity contribution is 7.18. The number of unbranched alkanes of at least 4 members (excludes halogenated alkanes) is 1. The van der Waals surface area contributed by atoms with Gasteiger partial charge >= 0.3 is 0 Å². The molecule has 3 N–H and O–H groups in total. The van der Waals surface area contributed by atoms with Gasteiger partial charge in [-0.05, 0) is 44.4 Å². The SMILES string of the molecule is Cl.Cl.NCCCCNC(=O)CCCc1nc2ccccc2s1. The van der Waals surface area contributed by atoms with Gasteiger partial charge in [-0.25, -0.2) is 4.98 Å². The summed E-state index contributed by atoms with van der Waals surface area (Å²) in [6.07, 6.45) is 4.21. The Morgan fingerprint density at radius 1 is 1.18 bits per heavy atom. The molecule has 2 aromatic rings. The van der Waals surface area contributed by atoms with Crippen LogP contribution in [0.25, 0.3) is 10.2 Å². The summed E-state index contributed by atoms with van der Waals surface area (Å²) in [4.78, 5) is 16.2. The van der Waals surface area contributed by atoms with Crippen LogP contribution in [0.1, 0.15) is 30.7 Å². The molecule has 4 nitrogen and oxygen atoms in total. The standard InChI is InChI=1S/C15H21N3OS.2ClH/c16-10-3-4-11-17-14(19)8-5-9-15-18-12-6-1-2-7-13(12)20-15;;/h1-2,6-7H,3-5,8-11,16H2,(H,17,19);2*1H. The first kappa shape index (κ1) is 21.1. The van der Waals surface area contributed by atoms with E-state index in [1.54, 1.807) is 11.3 Å². The summed E-state index contributed by atoms with van der Waals surface area (Å²) in [6.45, 7) is 1.42. The fraction of sp³-hybridized carbons (Fsp3) is 0.467. The molecule has 0 bridgehead atoms. The van der Waals surface area contributed by atoms with Crippen molar-refractivity contribution in [3.8, 4) is 0 Å².